The summed E-state index contributed by atoms with van der Waals surface area (Å²) in [5.74, 6) is 0.444. The molecule has 4 aliphatic rings. The third-order valence-corrected chi connectivity index (χ3v) is 9.59. The van der Waals surface area contributed by atoms with E-state index in [0.29, 0.717) is 50.8 Å². The molecule has 2 aromatic heterocycles. The number of aliphatic hydroxyl groups is 1. The topological polar surface area (TPSA) is 115 Å². The van der Waals surface area contributed by atoms with Crippen molar-refractivity contribution in [1.82, 2.24) is 25.4 Å². The average Bonchev–Trinajstić information content (AvgIpc) is 2.90. The number of carbonyl (C=O) groups excluding carboxylic acids is 1. The molecule has 0 radical (unpaired) electrons. The van der Waals surface area contributed by atoms with Gasteiger partial charge in [0.05, 0.1) is 23.4 Å². The highest BCUT2D eigenvalue weighted by atomic mass is 35.5. The molecule has 2 bridgehead atoms. The lowest BCUT2D eigenvalue weighted by Gasteiger charge is -2.70. The van der Waals surface area contributed by atoms with E-state index in [4.69, 9.17) is 11.6 Å². The van der Waals surface area contributed by atoms with E-state index in [2.05, 4.69) is 49.9 Å². The largest absolute Gasteiger partial charge is 0.396 e. The van der Waals surface area contributed by atoms with Crippen molar-refractivity contribution in [3.8, 4) is 11.3 Å². The van der Waals surface area contributed by atoms with Crippen LogP contribution in [0.3, 0.4) is 0 Å². The van der Waals surface area contributed by atoms with E-state index in [0.717, 1.165) is 38.9 Å². The van der Waals surface area contributed by atoms with Gasteiger partial charge in [-0.2, -0.15) is 0 Å². The number of hydrogen-bond acceptors (Lipinski definition) is 9. The van der Waals surface area contributed by atoms with E-state index in [1.54, 1.807) is 24.4 Å². The monoisotopic (exact) mass is 611 g/mol. The Bertz CT molecular complexity index is 1460. The molecule has 1 aliphatic heterocycles. The molecule has 2 atom stereocenters. The summed E-state index contributed by atoms with van der Waals surface area (Å²) in [6.07, 6.45) is 4.40. The fraction of sp³-hybridized carbons (Fsp3) is 0.467. The second kappa shape index (κ2) is 11.7. The Hall–Kier alpha value is -2.83. The summed E-state index contributed by atoms with van der Waals surface area (Å²) >= 11 is 7.42. The molecule has 7 rings (SSSR count). The van der Waals surface area contributed by atoms with Crippen LogP contribution in [0.5, 0.6) is 0 Å². The molecule has 1 amide bonds. The number of halogens is 2. The number of anilines is 3. The molecular weight excluding hydrogens is 577 g/mol. The summed E-state index contributed by atoms with van der Waals surface area (Å²) in [6, 6.07) is 10.5. The van der Waals surface area contributed by atoms with Crippen LogP contribution < -0.4 is 16.0 Å². The highest BCUT2D eigenvalue weighted by Gasteiger charge is 2.71. The first-order valence-corrected chi connectivity index (χ1v) is 15.6. The lowest BCUT2D eigenvalue weighted by atomic mass is 9.34. The smallest absolute Gasteiger partial charge is 0.231 e. The quantitative estimate of drug-likeness (QED) is 0.236. The summed E-state index contributed by atoms with van der Waals surface area (Å²) < 4.78 is 14.6. The highest BCUT2D eigenvalue weighted by molar-refractivity contribution is 7.99. The van der Waals surface area contributed by atoms with Gasteiger partial charge in [0.15, 0.2) is 0 Å². The molecular formula is C30H35ClFN7O2S. The van der Waals surface area contributed by atoms with Crippen molar-refractivity contribution in [1.29, 1.82) is 0 Å². The maximum absolute atomic E-state index is 14.6. The predicted molar refractivity (Wildman–Crippen MR) is 164 cm³/mol. The van der Waals surface area contributed by atoms with E-state index in [1.165, 1.54) is 30.0 Å². The van der Waals surface area contributed by atoms with Crippen molar-refractivity contribution in [2.45, 2.75) is 50.2 Å². The maximum atomic E-state index is 14.6. The zero-order valence-corrected chi connectivity index (χ0v) is 25.2. The number of benzene rings is 1. The van der Waals surface area contributed by atoms with Crippen molar-refractivity contribution in [2.75, 3.05) is 42.6 Å². The first-order valence-electron chi connectivity index (χ1n) is 14.3. The first-order chi connectivity index (χ1) is 20.2. The van der Waals surface area contributed by atoms with Crippen LogP contribution in [0.1, 0.15) is 33.1 Å². The van der Waals surface area contributed by atoms with E-state index in [9.17, 15) is 14.3 Å². The predicted octanol–water partition coefficient (Wildman–Crippen LogP) is 4.95. The van der Waals surface area contributed by atoms with Gasteiger partial charge in [-0.3, -0.25) is 9.69 Å². The van der Waals surface area contributed by atoms with Crippen LogP contribution >= 0.6 is 23.4 Å². The van der Waals surface area contributed by atoms with Crippen LogP contribution in [0.15, 0.2) is 47.6 Å². The number of hydrogen-bond donors (Lipinski definition) is 4. The van der Waals surface area contributed by atoms with Crippen LogP contribution in [0.4, 0.5) is 21.6 Å². The Kier molecular flexibility index (Phi) is 8.14. The molecule has 1 saturated heterocycles. The number of amides is 1. The zero-order chi connectivity index (χ0) is 29.5. The lowest BCUT2D eigenvalue weighted by Crippen LogP contribution is -2.70. The van der Waals surface area contributed by atoms with Gasteiger partial charge in [0, 0.05) is 66.0 Å². The van der Waals surface area contributed by atoms with Crippen LogP contribution in [0, 0.1) is 16.6 Å². The van der Waals surface area contributed by atoms with Crippen LogP contribution in [0.2, 0.25) is 5.02 Å². The molecule has 42 heavy (non-hydrogen) atoms. The Morgan fingerprint density at radius 3 is 2.67 bits per heavy atom. The van der Waals surface area contributed by atoms with Gasteiger partial charge in [0.1, 0.15) is 16.7 Å². The number of pyridine rings is 1. The average molecular weight is 612 g/mol. The number of aromatic nitrogens is 3. The van der Waals surface area contributed by atoms with Crippen molar-refractivity contribution in [2.24, 2.45) is 10.8 Å². The summed E-state index contributed by atoms with van der Waals surface area (Å²) in [5, 5.41) is 28.7. The molecule has 1 aromatic carbocycles. The minimum atomic E-state index is -0.461. The number of piperazine rings is 1. The minimum Gasteiger partial charge on any atom is -0.396 e. The Morgan fingerprint density at radius 2 is 1.93 bits per heavy atom. The fourth-order valence-corrected chi connectivity index (χ4v) is 7.80. The van der Waals surface area contributed by atoms with Gasteiger partial charge >= 0.3 is 0 Å². The zero-order valence-electron chi connectivity index (χ0n) is 23.7. The lowest BCUT2D eigenvalue weighted by molar-refractivity contribution is -0.210. The van der Waals surface area contributed by atoms with Crippen LogP contribution in [0.25, 0.3) is 11.3 Å². The summed E-state index contributed by atoms with van der Waals surface area (Å²) in [4.78, 5) is 20.2. The highest BCUT2D eigenvalue weighted by Crippen LogP contribution is 2.73. The number of rotatable bonds is 10. The number of nitrogens with one attached hydrogen (secondary N) is 3. The summed E-state index contributed by atoms with van der Waals surface area (Å²) in [7, 11) is 0. The minimum absolute atomic E-state index is 0.0274. The molecule has 4 fully saturated rings. The molecule has 2 unspecified atom stereocenters. The number of nitrogens with zero attached hydrogens (tertiary/aromatic N) is 4. The van der Waals surface area contributed by atoms with Gasteiger partial charge in [-0.25, -0.2) is 9.37 Å². The van der Waals surface area contributed by atoms with Gasteiger partial charge in [0.25, 0.3) is 0 Å². The fourth-order valence-electron chi connectivity index (χ4n) is 6.98. The summed E-state index contributed by atoms with van der Waals surface area (Å²) in [6.45, 7) is 7.60. The van der Waals surface area contributed by atoms with Gasteiger partial charge in [-0.1, -0.05) is 11.6 Å². The third-order valence-electron chi connectivity index (χ3n) is 8.39. The molecule has 222 valence electrons. The number of thioether (sulfide) groups is 1. The van der Waals surface area contributed by atoms with Gasteiger partial charge < -0.3 is 21.1 Å². The summed E-state index contributed by atoms with van der Waals surface area (Å²) in [5.41, 5.74) is 1.77. The standard InChI is InChI=1S/C30H35ClFN7O2S/c1-18-12-39(13-19(2)34-18)17-29-14-30(15-29,16-29)28(41)36-26-10-21(5-6-33-26)35-25-11-24(37-38-27(25)42-8-7-40)22-9-20(31)3-4-23(22)32/h3-6,9-11,18-19,34,40H,7-8,12-17H2,1-2H3,(H2,33,35,36,37,41). The Labute approximate surface area is 254 Å². The Morgan fingerprint density at radius 1 is 1.17 bits per heavy atom. The SMILES string of the molecule is CC1CN(CC23CC(C(=O)Nc4cc(Nc5cc(-c6cc(Cl)ccc6F)nnc5SCCO)ccn4)(C2)C3)CC(C)N1. The third kappa shape index (κ3) is 5.98. The Balaban J connectivity index is 1.13. The van der Waals surface area contributed by atoms with Crippen molar-refractivity contribution in [3.63, 3.8) is 0 Å². The molecule has 12 heteroatoms. The second-order valence-electron chi connectivity index (χ2n) is 12.1. The van der Waals surface area contributed by atoms with E-state index in [1.807, 2.05) is 0 Å². The van der Waals surface area contributed by atoms with E-state index < -0.39 is 5.82 Å². The second-order valence-corrected chi connectivity index (χ2v) is 13.6. The molecule has 3 aliphatic carbocycles. The molecule has 9 nitrogen and oxygen atoms in total. The number of aliphatic hydroxyl groups excluding tert-OH is 1. The molecule has 3 heterocycles. The molecule has 0 spiro atoms. The van der Waals surface area contributed by atoms with Crippen LogP contribution in [-0.2, 0) is 4.79 Å². The van der Waals surface area contributed by atoms with Crippen molar-refractivity contribution < 1.29 is 14.3 Å². The molecule has 4 N–H and O–H groups in total. The maximum Gasteiger partial charge on any atom is 0.231 e. The molecule has 3 aromatic rings. The normalized spacial score (nSPS) is 26.7. The van der Waals surface area contributed by atoms with Crippen molar-refractivity contribution >= 4 is 46.5 Å². The van der Waals surface area contributed by atoms with Gasteiger partial charge in [-0.15, -0.1) is 22.0 Å². The van der Waals surface area contributed by atoms with Crippen molar-refractivity contribution in [3.05, 3.63) is 53.4 Å². The number of carbonyl (C=O) groups is 1. The van der Waals surface area contributed by atoms with Gasteiger partial charge in [-0.05, 0) is 68.9 Å². The van der Waals surface area contributed by atoms with E-state index >= 15 is 0 Å². The van der Waals surface area contributed by atoms with Gasteiger partial charge in [0.2, 0.25) is 5.91 Å². The molecule has 3 saturated carbocycles. The van der Waals surface area contributed by atoms with Crippen LogP contribution in [-0.4, -0.2) is 75.2 Å². The first kappa shape index (κ1) is 29.3. The van der Waals surface area contributed by atoms with E-state index in [-0.39, 0.29) is 28.9 Å².